The summed E-state index contributed by atoms with van der Waals surface area (Å²) in [6.45, 7) is 3.94. The highest BCUT2D eigenvalue weighted by molar-refractivity contribution is 6.61. The zero-order valence-corrected chi connectivity index (χ0v) is 14.8. The molecule has 1 spiro atoms. The highest BCUT2D eigenvalue weighted by Crippen LogP contribution is 2.60. The number of carbonyl (C=O) groups excluding carboxylic acids is 1. The van der Waals surface area contributed by atoms with Crippen LogP contribution in [0, 0.1) is 0 Å². The molecule has 7 heteroatoms. The van der Waals surface area contributed by atoms with Gasteiger partial charge in [0.2, 0.25) is 4.33 Å². The topological polar surface area (TPSA) is 54.0 Å². The van der Waals surface area contributed by atoms with Crippen molar-refractivity contribution in [3.05, 3.63) is 35.9 Å². The fourth-order valence-corrected chi connectivity index (χ4v) is 4.14. The molecule has 130 valence electrons. The van der Waals surface area contributed by atoms with Crippen molar-refractivity contribution < 1.29 is 23.7 Å². The summed E-state index contributed by atoms with van der Waals surface area (Å²) >= 11 is 12.6. The van der Waals surface area contributed by atoms with Gasteiger partial charge in [-0.2, -0.15) is 0 Å². The lowest BCUT2D eigenvalue weighted by atomic mass is 9.73. The number of rotatable bonds is 3. The molecule has 1 aromatic rings. The Kier molecular flexibility index (Phi) is 3.77. The first-order chi connectivity index (χ1) is 11.3. The fourth-order valence-electron chi connectivity index (χ4n) is 3.57. The van der Waals surface area contributed by atoms with E-state index in [4.69, 9.17) is 42.1 Å². The second-order valence-electron chi connectivity index (χ2n) is 6.87. The first-order valence-electron chi connectivity index (χ1n) is 7.85. The van der Waals surface area contributed by atoms with Gasteiger partial charge in [-0.05, 0) is 19.4 Å². The summed E-state index contributed by atoms with van der Waals surface area (Å²) in [6.07, 6.45) is -1.67. The van der Waals surface area contributed by atoms with Crippen LogP contribution in [0.4, 0.5) is 0 Å². The number of carbonyl (C=O) groups is 1. The van der Waals surface area contributed by atoms with E-state index in [1.807, 2.05) is 30.3 Å². The van der Waals surface area contributed by atoms with Crippen molar-refractivity contribution in [3.63, 3.8) is 0 Å². The molecule has 2 saturated heterocycles. The molecule has 0 amide bonds. The molecule has 3 fully saturated rings. The van der Waals surface area contributed by atoms with Crippen LogP contribution in [0.15, 0.2) is 30.3 Å². The SMILES string of the molecule is CC1(C)OC2[C@@H](O1)O[C@]1(CC(=O)C1(Cl)Cl)[C@H]2OCc1ccccc1. The zero-order chi connectivity index (χ0) is 17.2. The Morgan fingerprint density at radius 1 is 1.17 bits per heavy atom. The monoisotopic (exact) mass is 372 g/mol. The Hall–Kier alpha value is -0.690. The van der Waals surface area contributed by atoms with Crippen LogP contribution in [0.1, 0.15) is 25.8 Å². The van der Waals surface area contributed by atoms with Crippen molar-refractivity contribution in [2.45, 2.75) is 61.1 Å². The van der Waals surface area contributed by atoms with E-state index in [0.29, 0.717) is 6.61 Å². The lowest BCUT2D eigenvalue weighted by Gasteiger charge is -2.50. The third-order valence-electron chi connectivity index (χ3n) is 4.75. The van der Waals surface area contributed by atoms with Gasteiger partial charge in [0.25, 0.3) is 0 Å². The molecule has 1 unspecified atom stereocenters. The molecule has 2 aliphatic heterocycles. The van der Waals surface area contributed by atoms with E-state index in [2.05, 4.69) is 0 Å². The van der Waals surface area contributed by atoms with Crippen molar-refractivity contribution in [1.29, 1.82) is 0 Å². The van der Waals surface area contributed by atoms with Gasteiger partial charge in [-0.25, -0.2) is 0 Å². The van der Waals surface area contributed by atoms with Crippen molar-refractivity contribution in [3.8, 4) is 0 Å². The Morgan fingerprint density at radius 2 is 1.88 bits per heavy atom. The molecule has 0 aromatic heterocycles. The van der Waals surface area contributed by atoms with Crippen LogP contribution in [0.2, 0.25) is 0 Å². The van der Waals surface area contributed by atoms with E-state index >= 15 is 0 Å². The van der Waals surface area contributed by atoms with E-state index in [9.17, 15) is 4.79 Å². The first-order valence-corrected chi connectivity index (χ1v) is 8.61. The van der Waals surface area contributed by atoms with E-state index in [1.54, 1.807) is 13.8 Å². The smallest absolute Gasteiger partial charge is 0.207 e. The van der Waals surface area contributed by atoms with E-state index in [0.717, 1.165) is 5.56 Å². The third-order valence-corrected chi connectivity index (χ3v) is 5.81. The number of alkyl halides is 2. The van der Waals surface area contributed by atoms with Gasteiger partial charge >= 0.3 is 0 Å². The number of ketones is 1. The minimum Gasteiger partial charge on any atom is -0.367 e. The normalized spacial score (nSPS) is 39.0. The van der Waals surface area contributed by atoms with Gasteiger partial charge < -0.3 is 18.9 Å². The number of fused-ring (bicyclic) bond motifs is 1. The molecule has 1 saturated carbocycles. The summed E-state index contributed by atoms with van der Waals surface area (Å²) in [6, 6.07) is 9.71. The predicted molar refractivity (Wildman–Crippen MR) is 86.7 cm³/mol. The molecule has 1 aliphatic carbocycles. The summed E-state index contributed by atoms with van der Waals surface area (Å²) in [5.74, 6) is -1.07. The van der Waals surface area contributed by atoms with Crippen molar-refractivity contribution in [2.75, 3.05) is 0 Å². The highest BCUT2D eigenvalue weighted by Gasteiger charge is 2.77. The van der Waals surface area contributed by atoms with E-state index < -0.39 is 34.2 Å². The summed E-state index contributed by atoms with van der Waals surface area (Å²) in [4.78, 5) is 11.9. The third kappa shape index (κ3) is 2.34. The van der Waals surface area contributed by atoms with Gasteiger partial charge in [0.15, 0.2) is 17.9 Å². The molecule has 5 nitrogen and oxygen atoms in total. The Balaban J connectivity index is 1.60. The molecule has 3 aliphatic rings. The first kappa shape index (κ1) is 16.8. The molecule has 1 aromatic carbocycles. The maximum Gasteiger partial charge on any atom is 0.207 e. The van der Waals surface area contributed by atoms with Crippen molar-refractivity contribution >= 4 is 29.0 Å². The highest BCUT2D eigenvalue weighted by atomic mass is 35.5. The minimum absolute atomic E-state index is 0.0829. The molecule has 0 bridgehead atoms. The van der Waals surface area contributed by atoms with Crippen LogP contribution in [0.5, 0.6) is 0 Å². The lowest BCUT2D eigenvalue weighted by molar-refractivity contribution is -0.256. The molecule has 24 heavy (non-hydrogen) atoms. The average Bonchev–Trinajstić information content (AvgIpc) is 2.97. The molecule has 4 atom stereocenters. The van der Waals surface area contributed by atoms with Gasteiger partial charge in [-0.3, -0.25) is 4.79 Å². The van der Waals surface area contributed by atoms with Crippen LogP contribution in [-0.4, -0.2) is 40.0 Å². The zero-order valence-electron chi connectivity index (χ0n) is 13.3. The predicted octanol–water partition coefficient (Wildman–Crippen LogP) is 2.97. The van der Waals surface area contributed by atoms with Gasteiger partial charge in [-0.1, -0.05) is 53.5 Å². The molecule has 2 heterocycles. The average molecular weight is 373 g/mol. The van der Waals surface area contributed by atoms with Crippen molar-refractivity contribution in [2.24, 2.45) is 0 Å². The van der Waals surface area contributed by atoms with Gasteiger partial charge in [0, 0.05) is 6.42 Å². The summed E-state index contributed by atoms with van der Waals surface area (Å²) in [5.41, 5.74) is -0.150. The van der Waals surface area contributed by atoms with Gasteiger partial charge in [0.05, 0.1) is 6.61 Å². The largest absolute Gasteiger partial charge is 0.367 e. The Bertz CT molecular complexity index is 662. The van der Waals surface area contributed by atoms with Crippen LogP contribution < -0.4 is 0 Å². The van der Waals surface area contributed by atoms with Crippen LogP contribution >= 0.6 is 23.2 Å². The van der Waals surface area contributed by atoms with Crippen LogP contribution in [-0.2, 0) is 30.3 Å². The number of Topliss-reactive ketones (excluding diaryl/α,β-unsaturated/α-hetero) is 1. The van der Waals surface area contributed by atoms with E-state index in [-0.39, 0.29) is 12.2 Å². The maximum absolute atomic E-state index is 11.9. The van der Waals surface area contributed by atoms with Gasteiger partial charge in [0.1, 0.15) is 17.8 Å². The number of hydrogen-bond donors (Lipinski definition) is 0. The number of hydrogen-bond acceptors (Lipinski definition) is 5. The number of benzene rings is 1. The second kappa shape index (κ2) is 5.40. The van der Waals surface area contributed by atoms with Crippen LogP contribution in [0.3, 0.4) is 0 Å². The number of halogens is 2. The van der Waals surface area contributed by atoms with Crippen molar-refractivity contribution in [1.82, 2.24) is 0 Å². The molecule has 0 N–H and O–H groups in total. The molecule has 0 radical (unpaired) electrons. The Labute approximate surface area is 150 Å². The summed E-state index contributed by atoms with van der Waals surface area (Å²) < 4.78 is 22.1. The standard InChI is InChI=1S/C17H18Cl2O5/c1-15(2)22-12-13(21-9-10-6-4-3-5-7-10)16(24-14(12)23-15)8-11(20)17(16,18)19/h3-7,12-14H,8-9H2,1-2H3/t12?,13-,14-,16+/m0/s1. The lowest BCUT2D eigenvalue weighted by Crippen LogP contribution is -2.70. The summed E-state index contributed by atoms with van der Waals surface area (Å²) in [7, 11) is 0. The second-order valence-corrected chi connectivity index (χ2v) is 8.19. The quantitative estimate of drug-likeness (QED) is 0.763. The Morgan fingerprint density at radius 3 is 2.50 bits per heavy atom. The summed E-state index contributed by atoms with van der Waals surface area (Å²) in [5, 5.41) is 0. The molecular formula is C17H18Cl2O5. The van der Waals surface area contributed by atoms with Gasteiger partial charge in [-0.15, -0.1) is 0 Å². The minimum atomic E-state index is -1.66. The molecule has 4 rings (SSSR count). The van der Waals surface area contributed by atoms with E-state index in [1.165, 1.54) is 0 Å². The number of ether oxygens (including phenoxy) is 4. The maximum atomic E-state index is 11.9. The van der Waals surface area contributed by atoms with Crippen LogP contribution in [0.25, 0.3) is 0 Å². The molecular weight excluding hydrogens is 355 g/mol. The fraction of sp³-hybridized carbons (Fsp3) is 0.588.